The van der Waals surface area contributed by atoms with Crippen molar-refractivity contribution in [2.75, 3.05) is 40.9 Å². The number of hydrogen-bond acceptors (Lipinski definition) is 5. The summed E-state index contributed by atoms with van der Waals surface area (Å²) in [5, 5.41) is 14.0. The van der Waals surface area contributed by atoms with Crippen LogP contribution in [0.4, 0.5) is 0 Å². The molecule has 0 aromatic rings. The molecular formula is C61H120N2O6P+. The number of aliphatic hydroxyl groups is 1. The van der Waals surface area contributed by atoms with Crippen molar-refractivity contribution in [3.63, 3.8) is 0 Å². The van der Waals surface area contributed by atoms with Crippen LogP contribution in [0.15, 0.2) is 36.5 Å². The van der Waals surface area contributed by atoms with Crippen LogP contribution in [0.2, 0.25) is 0 Å². The monoisotopic (exact) mass is 1010 g/mol. The number of phosphoric acid groups is 1. The van der Waals surface area contributed by atoms with Gasteiger partial charge in [0.15, 0.2) is 0 Å². The Bertz CT molecular complexity index is 1230. The number of carbonyl (C=O) groups excluding carboxylic acids is 1. The first-order valence-electron chi connectivity index (χ1n) is 30.4. The SMILES string of the molecule is CCCCCCC/C=C\C/C=C\CCCCCCCCCCCCCCCC(=O)NC(COP(=O)(O)OCC[N+](C)(C)C)C(O)/C=C/CCCCCCCCCCCCCCCCCCCCCCC. The van der Waals surface area contributed by atoms with Crippen LogP contribution in [0.5, 0.6) is 0 Å². The predicted octanol–water partition coefficient (Wildman–Crippen LogP) is 18.5. The summed E-state index contributed by atoms with van der Waals surface area (Å²) in [4.78, 5) is 23.3. The average molecular weight is 1010 g/mol. The van der Waals surface area contributed by atoms with E-state index in [0.29, 0.717) is 17.4 Å². The summed E-state index contributed by atoms with van der Waals surface area (Å²) in [6, 6.07) is -0.847. The summed E-state index contributed by atoms with van der Waals surface area (Å²) < 4.78 is 23.8. The molecule has 3 unspecified atom stereocenters. The number of nitrogens with one attached hydrogen (secondary N) is 1. The highest BCUT2D eigenvalue weighted by Crippen LogP contribution is 2.43. The zero-order valence-corrected chi connectivity index (χ0v) is 48.2. The van der Waals surface area contributed by atoms with Crippen molar-refractivity contribution in [2.24, 2.45) is 0 Å². The van der Waals surface area contributed by atoms with E-state index in [1.165, 1.54) is 231 Å². The van der Waals surface area contributed by atoms with Gasteiger partial charge >= 0.3 is 7.82 Å². The second kappa shape index (κ2) is 52.6. The molecule has 0 saturated carbocycles. The minimum atomic E-state index is -4.35. The van der Waals surface area contributed by atoms with E-state index in [4.69, 9.17) is 9.05 Å². The van der Waals surface area contributed by atoms with Crippen molar-refractivity contribution >= 4 is 13.7 Å². The number of nitrogens with zero attached hydrogens (tertiary/aromatic N) is 1. The van der Waals surface area contributed by atoms with Gasteiger partial charge in [-0.05, 0) is 51.4 Å². The average Bonchev–Trinajstić information content (AvgIpc) is 3.32. The van der Waals surface area contributed by atoms with Crippen molar-refractivity contribution in [3.05, 3.63) is 36.5 Å². The molecule has 70 heavy (non-hydrogen) atoms. The number of phosphoric ester groups is 1. The Morgan fingerprint density at radius 1 is 0.486 bits per heavy atom. The normalized spacial score (nSPS) is 14.1. The summed E-state index contributed by atoms with van der Waals surface area (Å²) in [5.74, 6) is -0.174. The molecule has 0 aromatic carbocycles. The fourth-order valence-electron chi connectivity index (χ4n) is 9.08. The molecule has 0 radical (unpaired) electrons. The molecule has 0 fully saturated rings. The maximum atomic E-state index is 13.0. The van der Waals surface area contributed by atoms with E-state index < -0.39 is 20.0 Å². The highest BCUT2D eigenvalue weighted by Gasteiger charge is 2.27. The van der Waals surface area contributed by atoms with Crippen molar-refractivity contribution < 1.29 is 32.9 Å². The Morgan fingerprint density at radius 3 is 1.17 bits per heavy atom. The van der Waals surface area contributed by atoms with E-state index in [2.05, 4.69) is 43.5 Å². The van der Waals surface area contributed by atoms with E-state index in [9.17, 15) is 19.4 Å². The largest absolute Gasteiger partial charge is 0.472 e. The molecule has 0 saturated heterocycles. The number of rotatable bonds is 56. The van der Waals surface area contributed by atoms with Crippen LogP contribution in [-0.2, 0) is 18.4 Å². The van der Waals surface area contributed by atoms with E-state index in [1.54, 1.807) is 6.08 Å². The molecule has 0 rings (SSSR count). The van der Waals surface area contributed by atoms with Gasteiger partial charge in [0, 0.05) is 6.42 Å². The number of hydrogen-bond donors (Lipinski definition) is 3. The fourth-order valence-corrected chi connectivity index (χ4v) is 9.81. The minimum absolute atomic E-state index is 0.0623. The van der Waals surface area contributed by atoms with Crippen LogP contribution >= 0.6 is 7.82 Å². The van der Waals surface area contributed by atoms with Crippen LogP contribution in [0.25, 0.3) is 0 Å². The molecule has 1 amide bonds. The second-order valence-electron chi connectivity index (χ2n) is 22.1. The predicted molar refractivity (Wildman–Crippen MR) is 304 cm³/mol. The Balaban J connectivity index is 4.17. The van der Waals surface area contributed by atoms with Gasteiger partial charge in [-0.1, -0.05) is 275 Å². The molecule has 0 aliphatic heterocycles. The highest BCUT2D eigenvalue weighted by molar-refractivity contribution is 7.47. The van der Waals surface area contributed by atoms with Crippen molar-refractivity contribution in [1.29, 1.82) is 0 Å². The maximum Gasteiger partial charge on any atom is 0.472 e. The second-order valence-corrected chi connectivity index (χ2v) is 23.5. The molecular weight excluding hydrogens is 888 g/mol. The van der Waals surface area contributed by atoms with Gasteiger partial charge in [-0.2, -0.15) is 0 Å². The summed E-state index contributed by atoms with van der Waals surface area (Å²) in [5.41, 5.74) is 0. The standard InChI is InChI=1S/C61H119N2O6P/c1-6-8-10-12-14-16-18-20-22-24-26-28-30-31-33-35-37-39-41-43-45-47-49-51-53-55-61(65)62-59(58-69-70(66,67)68-57-56-63(3,4)5)60(64)54-52-50-48-46-44-42-40-38-36-34-32-29-27-25-23-21-19-17-15-13-11-9-7-2/h18,20,24,26,52,54,59-60,64H,6-17,19,21-23,25,27-51,53,55-58H2,1-5H3,(H-,62,65,66,67)/p+1/b20-18-,26-24-,54-52+. The zero-order chi connectivity index (χ0) is 51.3. The third kappa shape index (κ3) is 54.5. The molecule has 9 heteroatoms. The molecule has 3 atom stereocenters. The van der Waals surface area contributed by atoms with Crippen molar-refractivity contribution in [3.8, 4) is 0 Å². The minimum Gasteiger partial charge on any atom is -0.387 e. The zero-order valence-electron chi connectivity index (χ0n) is 47.3. The fraction of sp³-hybridized carbons (Fsp3) is 0.885. The first-order valence-corrected chi connectivity index (χ1v) is 31.9. The lowest BCUT2D eigenvalue weighted by molar-refractivity contribution is -0.870. The summed E-state index contributed by atoms with van der Waals surface area (Å²) in [6.45, 7) is 4.85. The Kier molecular flexibility index (Phi) is 51.6. The number of unbranched alkanes of at least 4 members (excludes halogenated alkanes) is 39. The number of likely N-dealkylation sites (N-methyl/N-ethyl adjacent to an activating group) is 1. The van der Waals surface area contributed by atoms with Gasteiger partial charge in [0.1, 0.15) is 13.2 Å². The first-order chi connectivity index (χ1) is 34.0. The number of amides is 1. The lowest BCUT2D eigenvalue weighted by Gasteiger charge is -2.25. The molecule has 0 aromatic heterocycles. The summed E-state index contributed by atoms with van der Waals surface area (Å²) in [7, 11) is 1.58. The smallest absolute Gasteiger partial charge is 0.387 e. The molecule has 0 spiro atoms. The molecule has 0 bridgehead atoms. The third-order valence-electron chi connectivity index (χ3n) is 13.9. The topological polar surface area (TPSA) is 105 Å². The molecule has 0 aliphatic rings. The third-order valence-corrected chi connectivity index (χ3v) is 14.8. The van der Waals surface area contributed by atoms with E-state index in [-0.39, 0.29) is 19.1 Å². The lowest BCUT2D eigenvalue weighted by atomic mass is 10.0. The molecule has 3 N–H and O–H groups in total. The van der Waals surface area contributed by atoms with Gasteiger partial charge in [0.2, 0.25) is 5.91 Å². The van der Waals surface area contributed by atoms with Crippen LogP contribution in [0, 0.1) is 0 Å². The van der Waals surface area contributed by atoms with Crippen LogP contribution in [0.3, 0.4) is 0 Å². The van der Waals surface area contributed by atoms with E-state index in [1.807, 2.05) is 27.2 Å². The van der Waals surface area contributed by atoms with Gasteiger partial charge in [-0.3, -0.25) is 13.8 Å². The Hall–Kier alpha value is -1.28. The van der Waals surface area contributed by atoms with Gasteiger partial charge in [0.05, 0.1) is 39.9 Å². The molecule has 414 valence electrons. The summed E-state index contributed by atoms with van der Waals surface area (Å²) in [6.07, 6.45) is 68.2. The van der Waals surface area contributed by atoms with Gasteiger partial charge in [-0.25, -0.2) is 4.57 Å². The lowest BCUT2D eigenvalue weighted by Crippen LogP contribution is -2.45. The quantitative estimate of drug-likeness (QED) is 0.0243. The number of carbonyl (C=O) groups is 1. The first kappa shape index (κ1) is 68.7. The number of aliphatic hydroxyl groups excluding tert-OH is 1. The number of allylic oxidation sites excluding steroid dienone is 5. The molecule has 8 nitrogen and oxygen atoms in total. The number of quaternary nitrogens is 1. The van der Waals surface area contributed by atoms with Crippen LogP contribution in [0.1, 0.15) is 296 Å². The maximum absolute atomic E-state index is 13.0. The Morgan fingerprint density at radius 2 is 0.814 bits per heavy atom. The van der Waals surface area contributed by atoms with Crippen LogP contribution < -0.4 is 5.32 Å². The Labute approximate surface area is 436 Å². The van der Waals surface area contributed by atoms with Gasteiger partial charge in [0.25, 0.3) is 0 Å². The van der Waals surface area contributed by atoms with Crippen molar-refractivity contribution in [1.82, 2.24) is 5.32 Å². The van der Waals surface area contributed by atoms with Crippen molar-refractivity contribution in [2.45, 2.75) is 309 Å². The van der Waals surface area contributed by atoms with Gasteiger partial charge < -0.3 is 19.8 Å². The van der Waals surface area contributed by atoms with Gasteiger partial charge in [-0.15, -0.1) is 0 Å². The van der Waals surface area contributed by atoms with E-state index in [0.717, 1.165) is 44.9 Å². The highest BCUT2D eigenvalue weighted by atomic mass is 31.2. The molecule has 0 heterocycles. The van der Waals surface area contributed by atoms with Crippen LogP contribution in [-0.4, -0.2) is 73.4 Å². The molecule has 0 aliphatic carbocycles. The summed E-state index contributed by atoms with van der Waals surface area (Å²) >= 11 is 0. The van der Waals surface area contributed by atoms with E-state index >= 15 is 0 Å².